The predicted octanol–water partition coefficient (Wildman–Crippen LogP) is 2.06. The van der Waals surface area contributed by atoms with E-state index in [9.17, 15) is 9.90 Å². The van der Waals surface area contributed by atoms with Crippen molar-refractivity contribution < 1.29 is 15.0 Å². The smallest absolute Gasteiger partial charge is 0.327 e. The van der Waals surface area contributed by atoms with Gasteiger partial charge in [-0.1, -0.05) is 33.8 Å². The van der Waals surface area contributed by atoms with E-state index in [1.807, 2.05) is 27.7 Å². The Hall–Kier alpha value is -0.830. The highest BCUT2D eigenvalue weighted by molar-refractivity contribution is 5.79. The van der Waals surface area contributed by atoms with Gasteiger partial charge in [0.1, 0.15) is 0 Å². The second kappa shape index (κ2) is 5.15. The summed E-state index contributed by atoms with van der Waals surface area (Å²) in [6, 6.07) is 0. The molecule has 0 aliphatic rings. The summed E-state index contributed by atoms with van der Waals surface area (Å²) in [6.07, 6.45) is 2.98. The largest absolute Gasteiger partial charge is 0.478 e. The SMILES string of the molecule is CC(C)C(O)(C/C=C/C(=O)O)C(C)C. The third-order valence-corrected chi connectivity index (χ3v) is 2.70. The molecule has 0 fully saturated rings. The Bertz CT molecular complexity index is 209. The van der Waals surface area contributed by atoms with Crippen LogP contribution in [-0.4, -0.2) is 21.8 Å². The van der Waals surface area contributed by atoms with Crippen LogP contribution in [0.15, 0.2) is 12.2 Å². The fourth-order valence-corrected chi connectivity index (χ4v) is 1.49. The number of hydrogen-bond acceptors (Lipinski definition) is 2. The molecule has 14 heavy (non-hydrogen) atoms. The van der Waals surface area contributed by atoms with Gasteiger partial charge in [0.15, 0.2) is 0 Å². The van der Waals surface area contributed by atoms with Crippen LogP contribution in [0.1, 0.15) is 34.1 Å². The molecule has 0 spiro atoms. The molecule has 82 valence electrons. The molecule has 0 saturated carbocycles. The molecule has 0 unspecified atom stereocenters. The summed E-state index contributed by atoms with van der Waals surface area (Å²) in [7, 11) is 0. The first-order valence-electron chi connectivity index (χ1n) is 4.92. The predicted molar refractivity (Wildman–Crippen MR) is 56.0 cm³/mol. The molecule has 0 aromatic rings. The molecule has 0 heterocycles. The molecule has 0 bridgehead atoms. The zero-order valence-corrected chi connectivity index (χ0v) is 9.32. The summed E-state index contributed by atoms with van der Waals surface area (Å²) in [5, 5.41) is 18.7. The lowest BCUT2D eigenvalue weighted by Gasteiger charge is -2.35. The molecule has 3 nitrogen and oxygen atoms in total. The number of aliphatic hydroxyl groups is 1. The Morgan fingerprint density at radius 3 is 2.00 bits per heavy atom. The Labute approximate surface area is 85.4 Å². The highest BCUT2D eigenvalue weighted by Crippen LogP contribution is 2.29. The average molecular weight is 200 g/mol. The van der Waals surface area contributed by atoms with Crippen molar-refractivity contribution in [2.24, 2.45) is 11.8 Å². The molecule has 0 aromatic heterocycles. The molecule has 0 aromatic carbocycles. The zero-order valence-electron chi connectivity index (χ0n) is 9.32. The standard InChI is InChI=1S/C11H20O3/c1-8(2)11(14,9(3)4)7-5-6-10(12)13/h5-6,8-9,14H,7H2,1-4H3,(H,12,13)/b6-5+. The van der Waals surface area contributed by atoms with E-state index >= 15 is 0 Å². The lowest BCUT2D eigenvalue weighted by molar-refractivity contribution is -0.131. The summed E-state index contributed by atoms with van der Waals surface area (Å²) < 4.78 is 0. The molecule has 0 atom stereocenters. The molecule has 0 saturated heterocycles. The van der Waals surface area contributed by atoms with Gasteiger partial charge in [-0.3, -0.25) is 0 Å². The van der Waals surface area contributed by atoms with Crippen LogP contribution >= 0.6 is 0 Å². The van der Waals surface area contributed by atoms with Gasteiger partial charge in [-0.05, 0) is 18.3 Å². The molecule has 0 amide bonds. The molecule has 3 heteroatoms. The minimum Gasteiger partial charge on any atom is -0.478 e. The van der Waals surface area contributed by atoms with Crippen LogP contribution in [0.5, 0.6) is 0 Å². The summed E-state index contributed by atoms with van der Waals surface area (Å²) in [4.78, 5) is 10.3. The van der Waals surface area contributed by atoms with E-state index in [2.05, 4.69) is 0 Å². The fourth-order valence-electron chi connectivity index (χ4n) is 1.49. The number of hydrogen-bond donors (Lipinski definition) is 2. The van der Waals surface area contributed by atoms with Crippen LogP contribution in [-0.2, 0) is 4.79 Å². The second-order valence-corrected chi connectivity index (χ2v) is 4.25. The average Bonchev–Trinajstić information content (AvgIpc) is 2.02. The van der Waals surface area contributed by atoms with Crippen molar-refractivity contribution in [3.8, 4) is 0 Å². The first kappa shape index (κ1) is 13.2. The van der Waals surface area contributed by atoms with Crippen LogP contribution in [0, 0.1) is 11.8 Å². The number of aliphatic carboxylic acids is 1. The van der Waals surface area contributed by atoms with Gasteiger partial charge >= 0.3 is 5.97 Å². The van der Waals surface area contributed by atoms with Crippen LogP contribution in [0.2, 0.25) is 0 Å². The van der Waals surface area contributed by atoms with E-state index in [1.54, 1.807) is 0 Å². The van der Waals surface area contributed by atoms with Gasteiger partial charge in [-0.2, -0.15) is 0 Å². The first-order valence-corrected chi connectivity index (χ1v) is 4.92. The third-order valence-electron chi connectivity index (χ3n) is 2.70. The van der Waals surface area contributed by atoms with E-state index in [0.29, 0.717) is 6.42 Å². The van der Waals surface area contributed by atoms with Gasteiger partial charge in [0.2, 0.25) is 0 Å². The number of rotatable bonds is 5. The zero-order chi connectivity index (χ0) is 11.4. The number of carbonyl (C=O) groups is 1. The maximum absolute atomic E-state index is 10.3. The summed E-state index contributed by atoms with van der Waals surface area (Å²) in [6.45, 7) is 7.76. The summed E-state index contributed by atoms with van der Waals surface area (Å²) in [5.41, 5.74) is -0.814. The van der Waals surface area contributed by atoms with Crippen LogP contribution in [0.25, 0.3) is 0 Å². The van der Waals surface area contributed by atoms with Gasteiger partial charge in [-0.15, -0.1) is 0 Å². The fraction of sp³-hybridized carbons (Fsp3) is 0.727. The van der Waals surface area contributed by atoms with Crippen LogP contribution in [0.3, 0.4) is 0 Å². The summed E-state index contributed by atoms with van der Waals surface area (Å²) in [5.74, 6) is -0.748. The minimum absolute atomic E-state index is 0.112. The van der Waals surface area contributed by atoms with Crippen molar-refractivity contribution in [2.75, 3.05) is 0 Å². The molecule has 0 rings (SSSR count). The number of carboxylic acids is 1. The van der Waals surface area contributed by atoms with Crippen molar-refractivity contribution in [1.82, 2.24) is 0 Å². The lowest BCUT2D eigenvalue weighted by atomic mass is 9.78. The van der Waals surface area contributed by atoms with Gasteiger partial charge in [0.05, 0.1) is 5.60 Å². The van der Waals surface area contributed by atoms with Crippen LogP contribution < -0.4 is 0 Å². The minimum atomic E-state index is -0.972. The molecule has 0 aliphatic heterocycles. The van der Waals surface area contributed by atoms with Gasteiger partial charge in [0.25, 0.3) is 0 Å². The highest BCUT2D eigenvalue weighted by atomic mass is 16.4. The third kappa shape index (κ3) is 3.50. The van der Waals surface area contributed by atoms with Gasteiger partial charge in [-0.25, -0.2) is 4.79 Å². The monoisotopic (exact) mass is 200 g/mol. The van der Waals surface area contributed by atoms with E-state index in [4.69, 9.17) is 5.11 Å². The quantitative estimate of drug-likeness (QED) is 0.668. The van der Waals surface area contributed by atoms with E-state index in [1.165, 1.54) is 6.08 Å². The van der Waals surface area contributed by atoms with E-state index in [-0.39, 0.29) is 11.8 Å². The molecule has 0 aliphatic carbocycles. The Kier molecular flexibility index (Phi) is 4.85. The lowest BCUT2D eigenvalue weighted by Crippen LogP contribution is -2.40. The highest BCUT2D eigenvalue weighted by Gasteiger charge is 2.33. The molecular weight excluding hydrogens is 180 g/mol. The topological polar surface area (TPSA) is 57.5 Å². The number of carboxylic acid groups (broad SMARTS) is 1. The van der Waals surface area contributed by atoms with Crippen LogP contribution in [0.4, 0.5) is 0 Å². The van der Waals surface area contributed by atoms with Crippen molar-refractivity contribution in [2.45, 2.75) is 39.7 Å². The summed E-state index contributed by atoms with van der Waals surface area (Å²) >= 11 is 0. The second-order valence-electron chi connectivity index (χ2n) is 4.25. The Balaban J connectivity index is 4.47. The molecular formula is C11H20O3. The maximum Gasteiger partial charge on any atom is 0.327 e. The first-order chi connectivity index (χ1) is 6.30. The Morgan fingerprint density at radius 2 is 1.71 bits per heavy atom. The van der Waals surface area contributed by atoms with Crippen molar-refractivity contribution >= 4 is 5.97 Å². The Morgan fingerprint density at radius 1 is 1.29 bits per heavy atom. The van der Waals surface area contributed by atoms with Gasteiger partial charge in [0, 0.05) is 6.08 Å². The van der Waals surface area contributed by atoms with E-state index in [0.717, 1.165) is 6.08 Å². The molecule has 0 radical (unpaired) electrons. The van der Waals surface area contributed by atoms with Crippen molar-refractivity contribution in [3.63, 3.8) is 0 Å². The van der Waals surface area contributed by atoms with E-state index < -0.39 is 11.6 Å². The van der Waals surface area contributed by atoms with Gasteiger partial charge < -0.3 is 10.2 Å². The van der Waals surface area contributed by atoms with Crippen molar-refractivity contribution in [3.05, 3.63) is 12.2 Å². The molecule has 2 N–H and O–H groups in total. The van der Waals surface area contributed by atoms with Crippen molar-refractivity contribution in [1.29, 1.82) is 0 Å². The maximum atomic E-state index is 10.3. The normalized spacial score (nSPS) is 13.1.